The molecule has 0 atom stereocenters. The molecule has 17 heavy (non-hydrogen) atoms. The zero-order valence-electron chi connectivity index (χ0n) is 9.71. The van der Waals surface area contributed by atoms with Gasteiger partial charge in [0.25, 0.3) is 0 Å². The van der Waals surface area contributed by atoms with Crippen LogP contribution in [-0.4, -0.2) is 26.9 Å². The van der Waals surface area contributed by atoms with Crippen LogP contribution in [0.15, 0.2) is 18.6 Å². The highest BCUT2D eigenvalue weighted by molar-refractivity contribution is 5.61. The van der Waals surface area contributed by atoms with Gasteiger partial charge in [-0.2, -0.15) is 5.10 Å². The number of hydrogen-bond donors (Lipinski definition) is 2. The number of nitrogens with zero attached hydrogens (tertiary/aromatic N) is 4. The van der Waals surface area contributed by atoms with Crippen molar-refractivity contribution in [3.05, 3.63) is 24.3 Å². The Morgan fingerprint density at radius 1 is 1.47 bits per heavy atom. The molecule has 0 fully saturated rings. The number of aryl methyl sites for hydroxylation is 1. The maximum Gasteiger partial charge on any atom is 0.203 e. The van der Waals surface area contributed by atoms with Gasteiger partial charge in [-0.15, -0.1) is 0 Å². The fraction of sp³-hybridized carbons (Fsp3) is 0.300. The van der Waals surface area contributed by atoms with Gasteiger partial charge in [0, 0.05) is 13.2 Å². The average molecular weight is 234 g/mol. The van der Waals surface area contributed by atoms with Crippen LogP contribution >= 0.6 is 0 Å². The molecule has 0 aliphatic heterocycles. The van der Waals surface area contributed by atoms with Crippen molar-refractivity contribution < 1.29 is 4.74 Å². The average Bonchev–Trinajstić information content (AvgIpc) is 2.72. The standard InChI is InChI=1S/C10H14N6O/c1-16-7(3-4-15-16)5-12-10-8(17-2)9(11)13-6-14-10/h3-4,6H,5H2,1-2H3,(H3,11,12,13,14). The van der Waals surface area contributed by atoms with E-state index in [-0.39, 0.29) is 0 Å². The fourth-order valence-corrected chi connectivity index (χ4v) is 1.46. The first-order valence-corrected chi connectivity index (χ1v) is 5.07. The molecule has 0 unspecified atom stereocenters. The van der Waals surface area contributed by atoms with E-state index in [4.69, 9.17) is 10.5 Å². The minimum absolute atomic E-state index is 0.315. The zero-order valence-corrected chi connectivity index (χ0v) is 9.71. The van der Waals surface area contributed by atoms with Gasteiger partial charge in [-0.1, -0.05) is 0 Å². The number of hydrogen-bond acceptors (Lipinski definition) is 6. The first kappa shape index (κ1) is 11.2. The van der Waals surface area contributed by atoms with Crippen molar-refractivity contribution in [3.63, 3.8) is 0 Å². The molecule has 2 heterocycles. The van der Waals surface area contributed by atoms with Crippen LogP contribution in [0.4, 0.5) is 11.6 Å². The van der Waals surface area contributed by atoms with Gasteiger partial charge in [-0.25, -0.2) is 9.97 Å². The summed E-state index contributed by atoms with van der Waals surface area (Å²) in [7, 11) is 3.41. The molecule has 0 aliphatic carbocycles. The molecular formula is C10H14N6O. The Morgan fingerprint density at radius 2 is 2.29 bits per heavy atom. The van der Waals surface area contributed by atoms with Gasteiger partial charge in [-0.05, 0) is 6.07 Å². The lowest BCUT2D eigenvalue weighted by atomic mass is 10.4. The summed E-state index contributed by atoms with van der Waals surface area (Å²) in [4.78, 5) is 7.94. The molecule has 0 aliphatic rings. The summed E-state index contributed by atoms with van der Waals surface area (Å²) < 4.78 is 6.92. The molecule has 0 saturated carbocycles. The van der Waals surface area contributed by atoms with E-state index < -0.39 is 0 Å². The van der Waals surface area contributed by atoms with E-state index in [0.717, 1.165) is 5.69 Å². The van der Waals surface area contributed by atoms with Gasteiger partial charge < -0.3 is 15.8 Å². The minimum Gasteiger partial charge on any atom is -0.490 e. The van der Waals surface area contributed by atoms with E-state index in [1.165, 1.54) is 13.4 Å². The summed E-state index contributed by atoms with van der Waals surface area (Å²) in [6, 6.07) is 1.92. The Labute approximate surface area is 98.6 Å². The molecule has 2 aromatic heterocycles. The number of nitrogens with two attached hydrogens (primary N) is 1. The van der Waals surface area contributed by atoms with Crippen molar-refractivity contribution in [1.29, 1.82) is 0 Å². The molecule has 0 bridgehead atoms. The lowest BCUT2D eigenvalue weighted by molar-refractivity contribution is 0.415. The van der Waals surface area contributed by atoms with Crippen LogP contribution in [0.3, 0.4) is 0 Å². The number of aromatic nitrogens is 4. The second-order valence-corrected chi connectivity index (χ2v) is 3.44. The second kappa shape index (κ2) is 4.69. The number of nitrogen functional groups attached to an aromatic ring is 1. The number of nitrogens with one attached hydrogen (secondary N) is 1. The zero-order chi connectivity index (χ0) is 12.3. The molecule has 7 nitrogen and oxygen atoms in total. The Hall–Kier alpha value is -2.31. The summed E-state index contributed by atoms with van der Waals surface area (Å²) >= 11 is 0. The second-order valence-electron chi connectivity index (χ2n) is 3.44. The number of ether oxygens (including phenoxy) is 1. The largest absolute Gasteiger partial charge is 0.490 e. The van der Waals surface area contributed by atoms with Crippen molar-refractivity contribution in [2.45, 2.75) is 6.54 Å². The molecule has 0 amide bonds. The van der Waals surface area contributed by atoms with Crippen LogP contribution in [0.2, 0.25) is 0 Å². The van der Waals surface area contributed by atoms with Crippen LogP contribution in [0.5, 0.6) is 5.75 Å². The lowest BCUT2D eigenvalue weighted by Gasteiger charge is -2.10. The van der Waals surface area contributed by atoms with E-state index in [9.17, 15) is 0 Å². The smallest absolute Gasteiger partial charge is 0.203 e. The van der Waals surface area contributed by atoms with Crippen LogP contribution in [0, 0.1) is 0 Å². The molecule has 90 valence electrons. The monoisotopic (exact) mass is 234 g/mol. The summed E-state index contributed by atoms with van der Waals surface area (Å²) in [5.74, 6) is 1.34. The van der Waals surface area contributed by atoms with Crippen molar-refractivity contribution >= 4 is 11.6 Å². The van der Waals surface area contributed by atoms with E-state index >= 15 is 0 Å². The molecule has 0 saturated heterocycles. The third kappa shape index (κ3) is 2.27. The number of anilines is 2. The van der Waals surface area contributed by atoms with E-state index in [1.54, 1.807) is 10.9 Å². The Balaban J connectivity index is 2.14. The van der Waals surface area contributed by atoms with Gasteiger partial charge in [0.15, 0.2) is 11.6 Å². The Bertz CT molecular complexity index is 509. The predicted molar refractivity (Wildman–Crippen MR) is 63.5 cm³/mol. The van der Waals surface area contributed by atoms with Crippen LogP contribution < -0.4 is 15.8 Å². The quantitative estimate of drug-likeness (QED) is 0.796. The Kier molecular flexibility index (Phi) is 3.08. The normalized spacial score (nSPS) is 10.2. The molecular weight excluding hydrogens is 220 g/mol. The number of rotatable bonds is 4. The maximum absolute atomic E-state index is 5.68. The van der Waals surface area contributed by atoms with E-state index in [0.29, 0.717) is 23.9 Å². The van der Waals surface area contributed by atoms with E-state index in [1.807, 2.05) is 13.1 Å². The highest BCUT2D eigenvalue weighted by atomic mass is 16.5. The summed E-state index contributed by atoms with van der Waals surface area (Å²) in [6.45, 7) is 0.587. The van der Waals surface area contributed by atoms with Crippen LogP contribution in [0.1, 0.15) is 5.69 Å². The van der Waals surface area contributed by atoms with Crippen molar-refractivity contribution in [3.8, 4) is 5.75 Å². The first-order chi connectivity index (χ1) is 8.22. The first-order valence-electron chi connectivity index (χ1n) is 5.07. The molecule has 3 N–H and O–H groups in total. The molecule has 2 aromatic rings. The molecule has 7 heteroatoms. The fourth-order valence-electron chi connectivity index (χ4n) is 1.46. The SMILES string of the molecule is COc1c(N)ncnc1NCc1ccnn1C. The summed E-state index contributed by atoms with van der Waals surface area (Å²) in [5, 5.41) is 7.21. The van der Waals surface area contributed by atoms with Crippen molar-refractivity contribution in [2.75, 3.05) is 18.2 Å². The lowest BCUT2D eigenvalue weighted by Crippen LogP contribution is -2.09. The number of methoxy groups -OCH3 is 1. The molecule has 0 aromatic carbocycles. The highest BCUT2D eigenvalue weighted by Crippen LogP contribution is 2.26. The van der Waals surface area contributed by atoms with Gasteiger partial charge in [-0.3, -0.25) is 4.68 Å². The van der Waals surface area contributed by atoms with Crippen molar-refractivity contribution in [1.82, 2.24) is 19.7 Å². The van der Waals surface area contributed by atoms with Gasteiger partial charge in [0.1, 0.15) is 6.33 Å². The van der Waals surface area contributed by atoms with Gasteiger partial charge >= 0.3 is 0 Å². The highest BCUT2D eigenvalue weighted by Gasteiger charge is 2.09. The molecule has 0 spiro atoms. The van der Waals surface area contributed by atoms with Gasteiger partial charge in [0.2, 0.25) is 5.75 Å². The third-order valence-electron chi connectivity index (χ3n) is 2.39. The Morgan fingerprint density at radius 3 is 2.94 bits per heavy atom. The van der Waals surface area contributed by atoms with Crippen molar-refractivity contribution in [2.24, 2.45) is 7.05 Å². The van der Waals surface area contributed by atoms with Gasteiger partial charge in [0.05, 0.1) is 19.3 Å². The molecule has 2 rings (SSSR count). The van der Waals surface area contributed by atoms with Crippen LogP contribution in [-0.2, 0) is 13.6 Å². The molecule has 0 radical (unpaired) electrons. The van der Waals surface area contributed by atoms with E-state index in [2.05, 4.69) is 20.4 Å². The maximum atomic E-state index is 5.68. The minimum atomic E-state index is 0.315. The predicted octanol–water partition coefficient (Wildman–Crippen LogP) is 0.413. The topological polar surface area (TPSA) is 90.9 Å². The summed E-state index contributed by atoms with van der Waals surface area (Å²) in [5.41, 5.74) is 6.71. The summed E-state index contributed by atoms with van der Waals surface area (Å²) in [6.07, 6.45) is 3.13. The third-order valence-corrected chi connectivity index (χ3v) is 2.39. The van der Waals surface area contributed by atoms with Crippen LogP contribution in [0.25, 0.3) is 0 Å².